The second-order valence-electron chi connectivity index (χ2n) is 4.21. The van der Waals surface area contributed by atoms with Gasteiger partial charge in [0.05, 0.1) is 5.02 Å². The van der Waals surface area contributed by atoms with Gasteiger partial charge in [-0.1, -0.05) is 31.9 Å². The minimum absolute atomic E-state index is 0.0592. The average molecular weight is 257 g/mol. The highest BCUT2D eigenvalue weighted by Crippen LogP contribution is 2.11. The number of amides is 1. The SMILES string of the molecule is CC[C@H](C)CNC(=O)c1cc(Cl)c(C)[nH]c1=O. The highest BCUT2D eigenvalue weighted by molar-refractivity contribution is 6.31. The molecule has 0 bridgehead atoms. The smallest absolute Gasteiger partial charge is 0.261 e. The second-order valence-corrected chi connectivity index (χ2v) is 4.62. The molecule has 1 amide bonds. The number of H-pyrrole nitrogens is 1. The van der Waals surface area contributed by atoms with Gasteiger partial charge in [-0.25, -0.2) is 0 Å². The molecular formula is C12H17ClN2O2. The molecule has 0 aliphatic carbocycles. The molecule has 17 heavy (non-hydrogen) atoms. The molecule has 1 atom stereocenters. The van der Waals surface area contributed by atoms with Crippen molar-refractivity contribution in [3.63, 3.8) is 0 Å². The molecule has 0 radical (unpaired) electrons. The maximum atomic E-state index is 11.8. The number of rotatable bonds is 4. The molecule has 5 heteroatoms. The Morgan fingerprint density at radius 3 is 2.82 bits per heavy atom. The predicted octanol–water partition coefficient (Wildman–Crippen LogP) is 2.11. The zero-order chi connectivity index (χ0) is 13.0. The van der Waals surface area contributed by atoms with E-state index >= 15 is 0 Å². The molecule has 0 aliphatic heterocycles. The van der Waals surface area contributed by atoms with E-state index in [4.69, 9.17) is 11.6 Å². The van der Waals surface area contributed by atoms with Gasteiger partial charge in [-0.2, -0.15) is 0 Å². The summed E-state index contributed by atoms with van der Waals surface area (Å²) in [6, 6.07) is 1.40. The van der Waals surface area contributed by atoms with Crippen molar-refractivity contribution in [1.29, 1.82) is 0 Å². The third-order valence-electron chi connectivity index (χ3n) is 2.73. The number of nitrogens with one attached hydrogen (secondary N) is 2. The first-order valence-corrected chi connectivity index (χ1v) is 6.01. The first-order chi connectivity index (χ1) is 7.95. The number of carbonyl (C=O) groups is 1. The van der Waals surface area contributed by atoms with Gasteiger partial charge < -0.3 is 10.3 Å². The van der Waals surface area contributed by atoms with Gasteiger partial charge in [-0.15, -0.1) is 0 Å². The normalized spacial score (nSPS) is 12.2. The molecular weight excluding hydrogens is 240 g/mol. The first kappa shape index (κ1) is 13.8. The number of pyridine rings is 1. The number of aromatic amines is 1. The lowest BCUT2D eigenvalue weighted by molar-refractivity contribution is 0.0946. The fourth-order valence-electron chi connectivity index (χ4n) is 1.27. The summed E-state index contributed by atoms with van der Waals surface area (Å²) in [5, 5.41) is 3.11. The summed E-state index contributed by atoms with van der Waals surface area (Å²) >= 11 is 5.87. The van der Waals surface area contributed by atoms with E-state index in [1.165, 1.54) is 6.07 Å². The maximum absolute atomic E-state index is 11.8. The molecule has 94 valence electrons. The van der Waals surface area contributed by atoms with Crippen molar-refractivity contribution in [2.75, 3.05) is 6.54 Å². The Bertz CT molecular complexity index is 468. The molecule has 1 rings (SSSR count). The van der Waals surface area contributed by atoms with Crippen LogP contribution in [-0.2, 0) is 0 Å². The number of hydrogen-bond acceptors (Lipinski definition) is 2. The Balaban J connectivity index is 2.83. The van der Waals surface area contributed by atoms with Crippen LogP contribution in [0.3, 0.4) is 0 Å². The van der Waals surface area contributed by atoms with Crippen LogP contribution in [0.15, 0.2) is 10.9 Å². The molecule has 0 saturated carbocycles. The summed E-state index contributed by atoms with van der Waals surface area (Å²) < 4.78 is 0. The van der Waals surface area contributed by atoms with Gasteiger partial charge in [0.2, 0.25) is 0 Å². The van der Waals surface area contributed by atoms with Gasteiger partial charge in [-0.05, 0) is 18.9 Å². The Morgan fingerprint density at radius 2 is 2.24 bits per heavy atom. The van der Waals surface area contributed by atoms with E-state index in [2.05, 4.69) is 10.3 Å². The molecule has 0 aromatic carbocycles. The molecule has 1 aromatic rings. The summed E-state index contributed by atoms with van der Waals surface area (Å²) in [6.45, 7) is 6.32. The molecule has 1 aromatic heterocycles. The molecule has 0 fully saturated rings. The van der Waals surface area contributed by atoms with Crippen molar-refractivity contribution in [2.24, 2.45) is 5.92 Å². The Morgan fingerprint density at radius 1 is 1.59 bits per heavy atom. The summed E-state index contributed by atoms with van der Waals surface area (Å²) in [4.78, 5) is 25.9. The van der Waals surface area contributed by atoms with Crippen LogP contribution >= 0.6 is 11.6 Å². The van der Waals surface area contributed by atoms with E-state index in [-0.39, 0.29) is 11.5 Å². The van der Waals surface area contributed by atoms with Crippen molar-refractivity contribution in [1.82, 2.24) is 10.3 Å². The van der Waals surface area contributed by atoms with E-state index < -0.39 is 5.56 Å². The fourth-order valence-corrected chi connectivity index (χ4v) is 1.43. The number of carbonyl (C=O) groups excluding carboxylic acids is 1. The number of aromatic nitrogens is 1. The molecule has 4 nitrogen and oxygen atoms in total. The quantitative estimate of drug-likeness (QED) is 0.867. The maximum Gasteiger partial charge on any atom is 0.261 e. The van der Waals surface area contributed by atoms with Crippen LogP contribution < -0.4 is 10.9 Å². The van der Waals surface area contributed by atoms with Gasteiger partial charge in [0.15, 0.2) is 0 Å². The number of aryl methyl sites for hydroxylation is 1. The predicted molar refractivity (Wildman–Crippen MR) is 68.6 cm³/mol. The van der Waals surface area contributed by atoms with Crippen LogP contribution in [0.2, 0.25) is 5.02 Å². The highest BCUT2D eigenvalue weighted by atomic mass is 35.5. The molecule has 0 saturated heterocycles. The van der Waals surface area contributed by atoms with Gasteiger partial charge in [0.1, 0.15) is 5.56 Å². The fraction of sp³-hybridized carbons (Fsp3) is 0.500. The van der Waals surface area contributed by atoms with E-state index in [1.54, 1.807) is 6.92 Å². The lowest BCUT2D eigenvalue weighted by Gasteiger charge is -2.10. The van der Waals surface area contributed by atoms with Gasteiger partial charge in [0, 0.05) is 12.2 Å². The minimum Gasteiger partial charge on any atom is -0.352 e. The van der Waals surface area contributed by atoms with Crippen molar-refractivity contribution < 1.29 is 4.79 Å². The van der Waals surface area contributed by atoms with Crippen molar-refractivity contribution in [3.8, 4) is 0 Å². The van der Waals surface area contributed by atoms with Crippen molar-refractivity contribution in [3.05, 3.63) is 32.7 Å². The zero-order valence-electron chi connectivity index (χ0n) is 10.3. The third kappa shape index (κ3) is 3.60. The molecule has 0 unspecified atom stereocenters. The van der Waals surface area contributed by atoms with Crippen LogP contribution in [0, 0.1) is 12.8 Å². The van der Waals surface area contributed by atoms with E-state index in [0.29, 0.717) is 23.2 Å². The summed E-state index contributed by atoms with van der Waals surface area (Å²) in [6.07, 6.45) is 0.977. The lowest BCUT2D eigenvalue weighted by Crippen LogP contribution is -2.32. The minimum atomic E-state index is -0.409. The average Bonchev–Trinajstić information content (AvgIpc) is 2.30. The number of halogens is 1. The first-order valence-electron chi connectivity index (χ1n) is 5.63. The molecule has 0 aliphatic rings. The zero-order valence-corrected chi connectivity index (χ0v) is 11.0. The monoisotopic (exact) mass is 256 g/mol. The summed E-state index contributed by atoms with van der Waals surface area (Å²) in [7, 11) is 0. The topological polar surface area (TPSA) is 62.0 Å². The second kappa shape index (κ2) is 5.87. The molecule has 2 N–H and O–H groups in total. The summed E-state index contributed by atoms with van der Waals surface area (Å²) in [5.41, 5.74) is 0.215. The van der Waals surface area contributed by atoms with Crippen LogP contribution in [0.4, 0.5) is 0 Å². The Hall–Kier alpha value is -1.29. The van der Waals surface area contributed by atoms with Gasteiger partial charge in [-0.3, -0.25) is 9.59 Å². The van der Waals surface area contributed by atoms with Gasteiger partial charge >= 0.3 is 0 Å². The lowest BCUT2D eigenvalue weighted by atomic mass is 10.1. The van der Waals surface area contributed by atoms with Crippen LogP contribution in [0.5, 0.6) is 0 Å². The Labute approximate surface area is 105 Å². The van der Waals surface area contributed by atoms with Crippen molar-refractivity contribution in [2.45, 2.75) is 27.2 Å². The largest absolute Gasteiger partial charge is 0.352 e. The standard InChI is InChI=1S/C12H17ClN2O2/c1-4-7(2)6-14-11(16)9-5-10(13)8(3)15-12(9)17/h5,7H,4,6H2,1-3H3,(H,14,16)(H,15,17)/t7-/m0/s1. The van der Waals surface area contributed by atoms with Crippen LogP contribution in [-0.4, -0.2) is 17.4 Å². The van der Waals surface area contributed by atoms with E-state index in [1.807, 2.05) is 13.8 Å². The van der Waals surface area contributed by atoms with Crippen LogP contribution in [0.1, 0.15) is 36.3 Å². The van der Waals surface area contributed by atoms with Gasteiger partial charge in [0.25, 0.3) is 11.5 Å². The Kier molecular flexibility index (Phi) is 4.75. The van der Waals surface area contributed by atoms with Crippen molar-refractivity contribution >= 4 is 17.5 Å². The molecule has 1 heterocycles. The van der Waals surface area contributed by atoms with E-state index in [0.717, 1.165) is 6.42 Å². The van der Waals surface area contributed by atoms with E-state index in [9.17, 15) is 9.59 Å². The molecule has 0 spiro atoms. The highest BCUT2D eigenvalue weighted by Gasteiger charge is 2.13. The number of hydrogen-bond donors (Lipinski definition) is 2. The van der Waals surface area contributed by atoms with Crippen LogP contribution in [0.25, 0.3) is 0 Å². The summed E-state index contributed by atoms with van der Waals surface area (Å²) in [5.74, 6) is 0.00685. The third-order valence-corrected chi connectivity index (χ3v) is 3.12.